The van der Waals surface area contributed by atoms with Crippen LogP contribution in [-0.2, 0) is 14.8 Å². The number of rotatable bonds is 5. The van der Waals surface area contributed by atoms with Crippen molar-refractivity contribution in [3.63, 3.8) is 0 Å². The number of fused-ring (bicyclic) bond motifs is 1. The van der Waals surface area contributed by atoms with E-state index < -0.39 is 15.8 Å². The molecule has 4 aromatic rings. The van der Waals surface area contributed by atoms with Crippen molar-refractivity contribution in [3.05, 3.63) is 82.4 Å². The molecule has 1 saturated heterocycles. The topological polar surface area (TPSA) is 112 Å². The van der Waals surface area contributed by atoms with Crippen LogP contribution in [0, 0.1) is 12.4 Å². The Morgan fingerprint density at radius 3 is 2.73 bits per heavy atom. The number of amides is 1. The van der Waals surface area contributed by atoms with Gasteiger partial charge in [0.2, 0.25) is 11.6 Å². The Bertz CT molecular complexity index is 1730. The lowest BCUT2D eigenvalue weighted by Crippen LogP contribution is -2.24. The molecule has 5 rings (SSSR count). The molecule has 1 fully saturated rings. The molecule has 188 valence electrons. The minimum Gasteiger partial charge on any atom is -0.464 e. The standard InChI is InChI=1S/C25H19ClFN5O4S/c1-29-20-5-3-4-19(27)24(20)36-22-10-14(6-8-18(22)26)15-11-23(33)31(13-15)16-7-9-21-17(12-16)25(28)30-32(21)37(2,34)35/h3-10,12,15H,11,13H2,2H3,(H2,28,30)/t15-/m0/s1. The third-order valence-electron chi connectivity index (χ3n) is 6.12. The summed E-state index contributed by atoms with van der Waals surface area (Å²) in [7, 11) is -3.65. The fraction of sp³-hybridized carbons (Fsp3) is 0.160. The molecule has 12 heteroatoms. The molecule has 9 nitrogen and oxygen atoms in total. The Morgan fingerprint density at radius 2 is 2.00 bits per heavy atom. The summed E-state index contributed by atoms with van der Waals surface area (Å²) in [6.45, 7) is 7.59. The lowest BCUT2D eigenvalue weighted by atomic mass is 9.98. The number of anilines is 2. The number of hydrogen-bond acceptors (Lipinski definition) is 6. The number of nitrogens with two attached hydrogens (primary N) is 1. The Hall–Kier alpha value is -4.14. The van der Waals surface area contributed by atoms with Crippen molar-refractivity contribution in [2.45, 2.75) is 12.3 Å². The minimum absolute atomic E-state index is 0.0116. The zero-order valence-electron chi connectivity index (χ0n) is 19.4. The molecular weight excluding hydrogens is 521 g/mol. The molecule has 1 atom stereocenters. The van der Waals surface area contributed by atoms with E-state index in [1.165, 1.54) is 18.2 Å². The lowest BCUT2D eigenvalue weighted by molar-refractivity contribution is -0.117. The van der Waals surface area contributed by atoms with Gasteiger partial charge < -0.3 is 15.4 Å². The van der Waals surface area contributed by atoms with Crippen molar-refractivity contribution in [1.82, 2.24) is 9.19 Å². The number of carbonyl (C=O) groups excluding carboxylic acids is 1. The zero-order chi connectivity index (χ0) is 26.5. The summed E-state index contributed by atoms with van der Waals surface area (Å²) < 4.78 is 44.9. The summed E-state index contributed by atoms with van der Waals surface area (Å²) in [5.41, 5.74) is 7.58. The molecule has 0 bridgehead atoms. The molecule has 0 saturated carbocycles. The molecule has 0 radical (unpaired) electrons. The first-order valence-electron chi connectivity index (χ1n) is 11.0. The average Bonchev–Trinajstić information content (AvgIpc) is 3.41. The highest BCUT2D eigenvalue weighted by molar-refractivity contribution is 7.89. The minimum atomic E-state index is -3.65. The molecule has 1 aliphatic heterocycles. The molecule has 37 heavy (non-hydrogen) atoms. The van der Waals surface area contributed by atoms with Crippen LogP contribution in [0.2, 0.25) is 5.02 Å². The Kier molecular flexibility index (Phi) is 6.01. The maximum absolute atomic E-state index is 14.3. The predicted molar refractivity (Wildman–Crippen MR) is 138 cm³/mol. The van der Waals surface area contributed by atoms with E-state index in [-0.39, 0.29) is 46.3 Å². The van der Waals surface area contributed by atoms with Crippen LogP contribution in [0.25, 0.3) is 15.7 Å². The maximum atomic E-state index is 14.3. The second-order valence-corrected chi connectivity index (χ2v) is 10.8. The van der Waals surface area contributed by atoms with Crippen LogP contribution < -0.4 is 15.4 Å². The fourth-order valence-electron chi connectivity index (χ4n) is 4.35. The lowest BCUT2D eigenvalue weighted by Gasteiger charge is -2.18. The normalized spacial score (nSPS) is 15.8. The summed E-state index contributed by atoms with van der Waals surface area (Å²) in [4.78, 5) is 17.8. The number of ether oxygens (including phenoxy) is 1. The van der Waals surface area contributed by atoms with Crippen LogP contribution in [0.3, 0.4) is 0 Å². The van der Waals surface area contributed by atoms with Gasteiger partial charge in [-0.15, -0.1) is 5.10 Å². The van der Waals surface area contributed by atoms with E-state index in [0.717, 1.165) is 15.9 Å². The first-order valence-corrected chi connectivity index (χ1v) is 13.2. The third-order valence-corrected chi connectivity index (χ3v) is 7.34. The second kappa shape index (κ2) is 9.06. The van der Waals surface area contributed by atoms with E-state index in [9.17, 15) is 17.6 Å². The first kappa shape index (κ1) is 24.5. The summed E-state index contributed by atoms with van der Waals surface area (Å²) in [6.07, 6.45) is 1.23. The van der Waals surface area contributed by atoms with E-state index in [1.807, 2.05) is 0 Å². The van der Waals surface area contributed by atoms with Gasteiger partial charge in [0.25, 0.3) is 10.0 Å². The van der Waals surface area contributed by atoms with Crippen LogP contribution in [0.4, 0.5) is 21.6 Å². The van der Waals surface area contributed by atoms with Crippen LogP contribution in [-0.4, -0.2) is 36.3 Å². The molecule has 0 aliphatic carbocycles. The van der Waals surface area contributed by atoms with Gasteiger partial charge in [-0.1, -0.05) is 29.8 Å². The highest BCUT2D eigenvalue weighted by Gasteiger charge is 2.32. The van der Waals surface area contributed by atoms with Crippen molar-refractivity contribution in [3.8, 4) is 11.5 Å². The number of nitrogens with zero attached hydrogens (tertiary/aromatic N) is 4. The number of halogens is 2. The van der Waals surface area contributed by atoms with Gasteiger partial charge in [0.1, 0.15) is 5.75 Å². The van der Waals surface area contributed by atoms with E-state index in [0.29, 0.717) is 23.1 Å². The van der Waals surface area contributed by atoms with Gasteiger partial charge in [-0.3, -0.25) is 4.79 Å². The molecule has 1 aromatic heterocycles. The fourth-order valence-corrected chi connectivity index (χ4v) is 5.26. The van der Waals surface area contributed by atoms with Gasteiger partial charge >= 0.3 is 0 Å². The van der Waals surface area contributed by atoms with Crippen LogP contribution in [0.1, 0.15) is 17.9 Å². The molecular formula is C25H19ClFN5O4S. The van der Waals surface area contributed by atoms with Crippen LogP contribution in [0.5, 0.6) is 11.5 Å². The SMILES string of the molecule is [C-]#[N+]c1cccc(F)c1Oc1cc([C@H]2CC(=O)N(c3ccc4c(c3)c(N)nn4S(C)(=O)=O)C2)ccc1Cl. The highest BCUT2D eigenvalue weighted by Crippen LogP contribution is 2.40. The maximum Gasteiger partial charge on any atom is 0.251 e. The highest BCUT2D eigenvalue weighted by atomic mass is 35.5. The van der Waals surface area contributed by atoms with E-state index in [1.54, 1.807) is 41.3 Å². The number of aromatic nitrogens is 2. The van der Waals surface area contributed by atoms with Gasteiger partial charge in [-0.05, 0) is 42.0 Å². The van der Waals surface area contributed by atoms with Crippen molar-refractivity contribution >= 4 is 55.6 Å². The summed E-state index contributed by atoms with van der Waals surface area (Å²) in [5.74, 6) is -1.06. The van der Waals surface area contributed by atoms with Gasteiger partial charge in [-0.25, -0.2) is 17.7 Å². The molecule has 3 aromatic carbocycles. The van der Waals surface area contributed by atoms with Gasteiger partial charge in [-0.2, -0.15) is 4.09 Å². The third kappa shape index (κ3) is 4.45. The summed E-state index contributed by atoms with van der Waals surface area (Å²) >= 11 is 6.29. The van der Waals surface area contributed by atoms with Crippen molar-refractivity contribution in [1.29, 1.82) is 0 Å². The van der Waals surface area contributed by atoms with Crippen LogP contribution >= 0.6 is 11.6 Å². The quantitative estimate of drug-likeness (QED) is 0.354. The Morgan fingerprint density at radius 1 is 1.22 bits per heavy atom. The number of benzene rings is 3. The number of hydrogen-bond donors (Lipinski definition) is 1. The number of para-hydroxylation sites is 1. The van der Waals surface area contributed by atoms with Gasteiger partial charge in [0, 0.05) is 30.0 Å². The Labute approximate surface area is 216 Å². The van der Waals surface area contributed by atoms with E-state index in [4.69, 9.17) is 28.6 Å². The summed E-state index contributed by atoms with van der Waals surface area (Å²) in [5, 5.41) is 4.56. The second-order valence-electron chi connectivity index (χ2n) is 8.59. The average molecular weight is 540 g/mol. The zero-order valence-corrected chi connectivity index (χ0v) is 20.9. The molecule has 0 unspecified atom stereocenters. The van der Waals surface area contributed by atoms with E-state index >= 15 is 0 Å². The molecule has 1 aliphatic rings. The van der Waals surface area contributed by atoms with Crippen molar-refractivity contribution in [2.75, 3.05) is 23.4 Å². The molecule has 2 N–H and O–H groups in total. The number of carbonyl (C=O) groups is 1. The first-order chi connectivity index (χ1) is 17.6. The smallest absolute Gasteiger partial charge is 0.251 e. The largest absolute Gasteiger partial charge is 0.464 e. The molecule has 0 spiro atoms. The predicted octanol–water partition coefficient (Wildman–Crippen LogP) is 5.08. The van der Waals surface area contributed by atoms with Crippen molar-refractivity contribution in [2.24, 2.45) is 0 Å². The van der Waals surface area contributed by atoms with E-state index in [2.05, 4.69) is 9.94 Å². The van der Waals surface area contributed by atoms with Crippen LogP contribution in [0.15, 0.2) is 54.6 Å². The monoisotopic (exact) mass is 539 g/mol. The molecule has 2 heterocycles. The van der Waals surface area contributed by atoms with Crippen molar-refractivity contribution < 1.29 is 22.3 Å². The summed E-state index contributed by atoms with van der Waals surface area (Å²) in [6, 6.07) is 13.9. The van der Waals surface area contributed by atoms with Gasteiger partial charge in [0.05, 0.1) is 23.4 Å². The number of nitrogen functional groups attached to an aromatic ring is 1. The Balaban J connectivity index is 1.44. The molecule has 1 amide bonds. The van der Waals surface area contributed by atoms with Gasteiger partial charge in [0.15, 0.2) is 17.4 Å².